The van der Waals surface area contributed by atoms with Crippen molar-refractivity contribution in [3.8, 4) is 0 Å². The molecule has 3 heteroatoms. The standard InChI is InChI=1S/C29H52O2S/c1-2-3-4-5-6-10-13-19-24-31-29(26-30)27-32-25-20-14-11-8-7-9-12-16-21-28-22-17-15-18-23-28/h15,17-18,22-23,29-30H,2-14,16,19-21,24-27H2,1H3/t29-/m0/s1. The number of hydrogen-bond donors (Lipinski definition) is 1. The predicted molar refractivity (Wildman–Crippen MR) is 144 cm³/mol. The zero-order valence-electron chi connectivity index (χ0n) is 21.1. The Bertz CT molecular complexity index is 479. The Hall–Kier alpha value is -0.510. The van der Waals surface area contributed by atoms with E-state index in [1.54, 1.807) is 0 Å². The molecule has 0 heterocycles. The molecule has 2 nitrogen and oxygen atoms in total. The molecule has 0 aliphatic carbocycles. The Morgan fingerprint density at radius 3 is 1.91 bits per heavy atom. The Morgan fingerprint density at radius 1 is 0.719 bits per heavy atom. The van der Waals surface area contributed by atoms with Crippen molar-refractivity contribution in [2.45, 2.75) is 122 Å². The second-order valence-corrected chi connectivity index (χ2v) is 10.4. The summed E-state index contributed by atoms with van der Waals surface area (Å²) in [7, 11) is 0. The van der Waals surface area contributed by atoms with Crippen molar-refractivity contribution in [1.82, 2.24) is 0 Å². The van der Waals surface area contributed by atoms with Crippen LogP contribution >= 0.6 is 11.8 Å². The van der Waals surface area contributed by atoms with Gasteiger partial charge in [-0.05, 0) is 37.0 Å². The van der Waals surface area contributed by atoms with Crippen LogP contribution in [0.3, 0.4) is 0 Å². The lowest BCUT2D eigenvalue weighted by molar-refractivity contribution is 0.0260. The number of aryl methyl sites for hydroxylation is 1. The monoisotopic (exact) mass is 464 g/mol. The molecular weight excluding hydrogens is 412 g/mol. The zero-order chi connectivity index (χ0) is 23.0. The van der Waals surface area contributed by atoms with Crippen LogP contribution in [0.5, 0.6) is 0 Å². The highest BCUT2D eigenvalue weighted by Gasteiger charge is 2.07. The van der Waals surface area contributed by atoms with E-state index in [4.69, 9.17) is 4.74 Å². The van der Waals surface area contributed by atoms with Crippen LogP contribution in [0.15, 0.2) is 30.3 Å². The topological polar surface area (TPSA) is 29.5 Å². The molecule has 0 amide bonds. The lowest BCUT2D eigenvalue weighted by Crippen LogP contribution is -2.21. The van der Waals surface area contributed by atoms with E-state index < -0.39 is 0 Å². The molecule has 0 radical (unpaired) electrons. The van der Waals surface area contributed by atoms with E-state index in [9.17, 15) is 5.11 Å². The van der Waals surface area contributed by atoms with E-state index in [2.05, 4.69) is 37.3 Å². The number of aliphatic hydroxyl groups is 1. The smallest absolute Gasteiger partial charge is 0.0895 e. The molecule has 1 aromatic rings. The SMILES string of the molecule is CCCCCCCCCCO[C@@H](CO)CSCCCCCCCCCCc1ccccc1. The van der Waals surface area contributed by atoms with Gasteiger partial charge in [0.25, 0.3) is 0 Å². The van der Waals surface area contributed by atoms with E-state index in [-0.39, 0.29) is 12.7 Å². The van der Waals surface area contributed by atoms with Crippen LogP contribution in [-0.4, -0.2) is 35.9 Å². The number of rotatable bonds is 24. The van der Waals surface area contributed by atoms with Crippen molar-refractivity contribution in [2.24, 2.45) is 0 Å². The molecule has 0 bridgehead atoms. The van der Waals surface area contributed by atoms with Crippen molar-refractivity contribution in [1.29, 1.82) is 0 Å². The average molecular weight is 465 g/mol. The highest BCUT2D eigenvalue weighted by atomic mass is 32.2. The molecule has 186 valence electrons. The Labute approximate surface area is 204 Å². The molecule has 1 rings (SSSR count). The molecule has 0 saturated carbocycles. The molecule has 1 atom stereocenters. The molecule has 0 aliphatic rings. The van der Waals surface area contributed by atoms with Gasteiger partial charge in [0.1, 0.15) is 0 Å². The number of hydrogen-bond acceptors (Lipinski definition) is 3. The number of aliphatic hydroxyl groups excluding tert-OH is 1. The number of thioether (sulfide) groups is 1. The maximum absolute atomic E-state index is 9.54. The van der Waals surface area contributed by atoms with Gasteiger partial charge in [-0.3, -0.25) is 0 Å². The van der Waals surface area contributed by atoms with Gasteiger partial charge < -0.3 is 9.84 Å². The summed E-state index contributed by atoms with van der Waals surface area (Å²) in [6.45, 7) is 3.24. The van der Waals surface area contributed by atoms with Gasteiger partial charge in [-0.15, -0.1) is 0 Å². The van der Waals surface area contributed by atoms with Crippen LogP contribution in [0.2, 0.25) is 0 Å². The summed E-state index contributed by atoms with van der Waals surface area (Å²) < 4.78 is 5.89. The van der Waals surface area contributed by atoms with Crippen LogP contribution in [0.25, 0.3) is 0 Å². The van der Waals surface area contributed by atoms with Crippen molar-refractivity contribution in [2.75, 3.05) is 24.7 Å². The van der Waals surface area contributed by atoms with E-state index in [1.165, 1.54) is 114 Å². The maximum atomic E-state index is 9.54. The fourth-order valence-electron chi connectivity index (χ4n) is 4.09. The van der Waals surface area contributed by atoms with Crippen LogP contribution in [0.4, 0.5) is 0 Å². The number of unbranched alkanes of at least 4 members (excludes halogenated alkanes) is 14. The van der Waals surface area contributed by atoms with Gasteiger partial charge in [0.15, 0.2) is 0 Å². The van der Waals surface area contributed by atoms with Crippen LogP contribution in [-0.2, 0) is 11.2 Å². The number of ether oxygens (including phenoxy) is 1. The molecule has 0 unspecified atom stereocenters. The molecule has 32 heavy (non-hydrogen) atoms. The first-order valence-corrected chi connectivity index (χ1v) is 14.9. The lowest BCUT2D eigenvalue weighted by atomic mass is 10.0. The third-order valence-corrected chi connectivity index (χ3v) is 7.39. The first kappa shape index (κ1) is 29.5. The van der Waals surface area contributed by atoms with E-state index in [1.807, 2.05) is 11.8 Å². The zero-order valence-corrected chi connectivity index (χ0v) is 21.9. The third kappa shape index (κ3) is 19.0. The van der Waals surface area contributed by atoms with Crippen molar-refractivity contribution in [3.63, 3.8) is 0 Å². The van der Waals surface area contributed by atoms with Crippen molar-refractivity contribution in [3.05, 3.63) is 35.9 Å². The highest BCUT2D eigenvalue weighted by molar-refractivity contribution is 7.99. The molecule has 0 spiro atoms. The van der Waals surface area contributed by atoms with Gasteiger partial charge in [-0.2, -0.15) is 11.8 Å². The average Bonchev–Trinajstić information content (AvgIpc) is 2.83. The van der Waals surface area contributed by atoms with Gasteiger partial charge in [0, 0.05) is 12.4 Å². The van der Waals surface area contributed by atoms with E-state index in [0.717, 1.165) is 18.8 Å². The van der Waals surface area contributed by atoms with Crippen LogP contribution in [0, 0.1) is 0 Å². The van der Waals surface area contributed by atoms with E-state index >= 15 is 0 Å². The normalized spacial score (nSPS) is 12.3. The van der Waals surface area contributed by atoms with Gasteiger partial charge in [-0.1, -0.05) is 121 Å². The van der Waals surface area contributed by atoms with Gasteiger partial charge in [0.2, 0.25) is 0 Å². The second-order valence-electron chi connectivity index (χ2n) is 9.29. The summed E-state index contributed by atoms with van der Waals surface area (Å²) >= 11 is 1.95. The molecular formula is C29H52O2S. The summed E-state index contributed by atoms with van der Waals surface area (Å²) in [6.07, 6.45) is 22.7. The summed E-state index contributed by atoms with van der Waals surface area (Å²) in [5.41, 5.74) is 1.48. The first-order valence-electron chi connectivity index (χ1n) is 13.7. The first-order chi connectivity index (χ1) is 15.9. The predicted octanol–water partition coefficient (Wildman–Crippen LogP) is 8.60. The van der Waals surface area contributed by atoms with Crippen molar-refractivity contribution >= 4 is 11.8 Å². The minimum absolute atomic E-state index is 0.0282. The minimum atomic E-state index is 0.0282. The number of benzene rings is 1. The maximum Gasteiger partial charge on any atom is 0.0895 e. The molecule has 1 aromatic carbocycles. The molecule has 0 saturated heterocycles. The van der Waals surface area contributed by atoms with Gasteiger partial charge >= 0.3 is 0 Å². The quantitative estimate of drug-likeness (QED) is 0.155. The third-order valence-electron chi connectivity index (χ3n) is 6.21. The fourth-order valence-corrected chi connectivity index (χ4v) is 5.13. The van der Waals surface area contributed by atoms with Crippen molar-refractivity contribution < 1.29 is 9.84 Å². The second kappa shape index (κ2) is 23.6. The van der Waals surface area contributed by atoms with E-state index in [0.29, 0.717) is 0 Å². The van der Waals surface area contributed by atoms with Crippen LogP contribution < -0.4 is 0 Å². The molecule has 0 aromatic heterocycles. The van der Waals surface area contributed by atoms with Gasteiger partial charge in [-0.25, -0.2) is 0 Å². The molecule has 0 fully saturated rings. The largest absolute Gasteiger partial charge is 0.394 e. The molecule has 1 N–H and O–H groups in total. The van der Waals surface area contributed by atoms with Gasteiger partial charge in [0.05, 0.1) is 12.7 Å². The summed E-state index contributed by atoms with van der Waals surface area (Å²) in [5, 5.41) is 9.54. The van der Waals surface area contributed by atoms with Crippen LogP contribution in [0.1, 0.15) is 115 Å². The fraction of sp³-hybridized carbons (Fsp3) is 0.793. The molecule has 0 aliphatic heterocycles. The highest BCUT2D eigenvalue weighted by Crippen LogP contribution is 2.14. The Balaban J connectivity index is 1.79. The minimum Gasteiger partial charge on any atom is -0.394 e. The summed E-state index contributed by atoms with van der Waals surface area (Å²) in [4.78, 5) is 0. The lowest BCUT2D eigenvalue weighted by Gasteiger charge is -2.15. The summed E-state index contributed by atoms with van der Waals surface area (Å²) in [6, 6.07) is 10.9. The Morgan fingerprint density at radius 2 is 1.28 bits per heavy atom. The Kier molecular flexibility index (Phi) is 21.8. The summed E-state index contributed by atoms with van der Waals surface area (Å²) in [5.74, 6) is 2.14.